The number of rotatable bonds is 8. The summed E-state index contributed by atoms with van der Waals surface area (Å²) < 4.78 is 5.34. The van der Waals surface area contributed by atoms with Crippen molar-refractivity contribution >= 4 is 5.91 Å². The van der Waals surface area contributed by atoms with Crippen molar-refractivity contribution in [2.45, 2.75) is 46.7 Å². The zero-order chi connectivity index (χ0) is 17.5. The van der Waals surface area contributed by atoms with Crippen LogP contribution in [0.2, 0.25) is 0 Å². The second-order valence-electron chi connectivity index (χ2n) is 6.09. The minimum atomic E-state index is 0.00161. The minimum Gasteiger partial charge on any atom is -0.353 e. The fourth-order valence-corrected chi connectivity index (χ4v) is 2.37. The summed E-state index contributed by atoms with van der Waals surface area (Å²) in [4.78, 5) is 18.3. The number of benzene rings is 1. The summed E-state index contributed by atoms with van der Waals surface area (Å²) in [5.41, 5.74) is 2.21. The first-order valence-electron chi connectivity index (χ1n) is 8.45. The molecule has 6 heteroatoms. The maximum absolute atomic E-state index is 11.9. The number of carbonyl (C=O) groups excluding carboxylic acids is 1. The van der Waals surface area contributed by atoms with E-state index in [4.69, 9.17) is 4.52 Å². The summed E-state index contributed by atoms with van der Waals surface area (Å²) >= 11 is 0. The summed E-state index contributed by atoms with van der Waals surface area (Å²) in [5, 5.41) is 6.93. The highest BCUT2D eigenvalue weighted by molar-refractivity contribution is 5.78. The summed E-state index contributed by atoms with van der Waals surface area (Å²) in [6, 6.07) is 8.28. The van der Waals surface area contributed by atoms with E-state index in [0.29, 0.717) is 24.8 Å². The molecule has 0 bridgehead atoms. The van der Waals surface area contributed by atoms with Gasteiger partial charge in [0.1, 0.15) is 0 Å². The van der Waals surface area contributed by atoms with Crippen molar-refractivity contribution in [3.63, 3.8) is 0 Å². The van der Waals surface area contributed by atoms with Gasteiger partial charge in [-0.2, -0.15) is 4.98 Å². The van der Waals surface area contributed by atoms with Crippen molar-refractivity contribution in [3.05, 3.63) is 35.7 Å². The van der Waals surface area contributed by atoms with Crippen molar-refractivity contribution < 1.29 is 9.32 Å². The molecule has 0 atom stereocenters. The van der Waals surface area contributed by atoms with Gasteiger partial charge in [-0.25, -0.2) is 0 Å². The molecule has 0 aliphatic rings. The van der Waals surface area contributed by atoms with E-state index in [2.05, 4.69) is 34.5 Å². The number of nitrogens with zero attached hydrogens (tertiary/aromatic N) is 3. The Hall–Kier alpha value is -2.21. The fraction of sp³-hybridized carbons (Fsp3) is 0.500. The number of aromatic nitrogens is 2. The molecule has 1 heterocycles. The van der Waals surface area contributed by atoms with E-state index < -0.39 is 0 Å². The molecule has 0 aliphatic carbocycles. The molecule has 0 radical (unpaired) electrons. The van der Waals surface area contributed by atoms with Gasteiger partial charge in [-0.1, -0.05) is 43.3 Å². The third-order valence-corrected chi connectivity index (χ3v) is 3.71. The molecule has 0 fully saturated rings. The maximum atomic E-state index is 11.9. The van der Waals surface area contributed by atoms with Crippen LogP contribution in [0.25, 0.3) is 11.4 Å². The molecule has 1 aromatic heterocycles. The summed E-state index contributed by atoms with van der Waals surface area (Å²) in [7, 11) is 0. The lowest BCUT2D eigenvalue weighted by Crippen LogP contribution is -2.39. The van der Waals surface area contributed by atoms with Crippen LogP contribution in [-0.2, 0) is 17.8 Å². The first-order valence-corrected chi connectivity index (χ1v) is 8.45. The topological polar surface area (TPSA) is 71.3 Å². The molecule has 0 saturated carbocycles. The van der Waals surface area contributed by atoms with Gasteiger partial charge >= 0.3 is 0 Å². The number of amides is 1. The minimum absolute atomic E-state index is 0.00161. The standard InChI is InChI=1S/C18H26N4O2/c1-5-14-7-9-15(10-8-14)18-20-17(24-21-18)12-22(6-2)11-16(23)19-13(3)4/h7-10,13H,5-6,11-12H2,1-4H3,(H,19,23). The monoisotopic (exact) mass is 330 g/mol. The van der Waals surface area contributed by atoms with Crippen molar-refractivity contribution in [2.75, 3.05) is 13.1 Å². The molecule has 2 rings (SSSR count). The Kier molecular flexibility index (Phi) is 6.49. The molecule has 0 aliphatic heterocycles. The predicted molar refractivity (Wildman–Crippen MR) is 93.3 cm³/mol. The molecular formula is C18H26N4O2. The molecule has 1 N–H and O–H groups in total. The summed E-state index contributed by atoms with van der Waals surface area (Å²) in [6.45, 7) is 9.53. The van der Waals surface area contributed by atoms with Crippen LogP contribution in [0.1, 0.15) is 39.1 Å². The van der Waals surface area contributed by atoms with Crippen LogP contribution in [-0.4, -0.2) is 40.1 Å². The maximum Gasteiger partial charge on any atom is 0.241 e. The molecule has 1 amide bonds. The first-order chi connectivity index (χ1) is 11.5. The highest BCUT2D eigenvalue weighted by Crippen LogP contribution is 2.17. The van der Waals surface area contributed by atoms with Gasteiger partial charge in [0.25, 0.3) is 0 Å². The Bertz CT molecular complexity index is 649. The van der Waals surface area contributed by atoms with E-state index in [0.717, 1.165) is 18.5 Å². The summed E-state index contributed by atoms with van der Waals surface area (Å²) in [5.74, 6) is 1.10. The Labute approximate surface area is 143 Å². The van der Waals surface area contributed by atoms with Crippen LogP contribution in [0.4, 0.5) is 0 Å². The van der Waals surface area contributed by atoms with Gasteiger partial charge in [-0.05, 0) is 32.4 Å². The lowest BCUT2D eigenvalue weighted by atomic mass is 10.1. The van der Waals surface area contributed by atoms with Gasteiger partial charge in [0.2, 0.25) is 17.6 Å². The second kappa shape index (κ2) is 8.59. The number of likely N-dealkylation sites (N-methyl/N-ethyl adjacent to an activating group) is 1. The van der Waals surface area contributed by atoms with E-state index in [1.165, 1.54) is 5.56 Å². The fourth-order valence-electron chi connectivity index (χ4n) is 2.37. The number of hydrogen-bond donors (Lipinski definition) is 1. The van der Waals surface area contributed by atoms with Gasteiger partial charge < -0.3 is 9.84 Å². The largest absolute Gasteiger partial charge is 0.353 e. The van der Waals surface area contributed by atoms with Crippen molar-refractivity contribution in [1.82, 2.24) is 20.4 Å². The molecule has 0 saturated heterocycles. The van der Waals surface area contributed by atoms with E-state index in [-0.39, 0.29) is 11.9 Å². The Morgan fingerprint density at radius 3 is 2.54 bits per heavy atom. The van der Waals surface area contributed by atoms with E-state index in [1.807, 2.05) is 37.8 Å². The van der Waals surface area contributed by atoms with Crippen LogP contribution >= 0.6 is 0 Å². The van der Waals surface area contributed by atoms with Crippen LogP contribution in [0.3, 0.4) is 0 Å². The predicted octanol–water partition coefficient (Wildman–Crippen LogP) is 2.65. The highest BCUT2D eigenvalue weighted by atomic mass is 16.5. The second-order valence-corrected chi connectivity index (χ2v) is 6.09. The molecule has 0 unspecified atom stereocenters. The smallest absolute Gasteiger partial charge is 0.241 e. The van der Waals surface area contributed by atoms with Crippen LogP contribution in [0.15, 0.2) is 28.8 Å². The average Bonchev–Trinajstić information content (AvgIpc) is 3.02. The highest BCUT2D eigenvalue weighted by Gasteiger charge is 2.15. The zero-order valence-corrected chi connectivity index (χ0v) is 14.9. The normalized spacial score (nSPS) is 11.2. The lowest BCUT2D eigenvalue weighted by Gasteiger charge is -2.18. The van der Waals surface area contributed by atoms with Gasteiger partial charge in [0, 0.05) is 11.6 Å². The van der Waals surface area contributed by atoms with Crippen molar-refractivity contribution in [2.24, 2.45) is 0 Å². The van der Waals surface area contributed by atoms with Crippen LogP contribution in [0.5, 0.6) is 0 Å². The first kappa shape index (κ1) is 18.1. The third-order valence-electron chi connectivity index (χ3n) is 3.71. The quantitative estimate of drug-likeness (QED) is 0.805. The molecule has 24 heavy (non-hydrogen) atoms. The molecular weight excluding hydrogens is 304 g/mol. The van der Waals surface area contributed by atoms with Crippen molar-refractivity contribution in [1.29, 1.82) is 0 Å². The SMILES string of the molecule is CCc1ccc(-c2noc(CN(CC)CC(=O)NC(C)C)n2)cc1. The van der Waals surface area contributed by atoms with Crippen molar-refractivity contribution in [3.8, 4) is 11.4 Å². The number of nitrogens with one attached hydrogen (secondary N) is 1. The lowest BCUT2D eigenvalue weighted by molar-refractivity contribution is -0.122. The van der Waals surface area contributed by atoms with Gasteiger partial charge in [0.05, 0.1) is 13.1 Å². The third kappa shape index (κ3) is 5.16. The van der Waals surface area contributed by atoms with Crippen LogP contribution < -0.4 is 5.32 Å². The molecule has 0 spiro atoms. The molecule has 1 aromatic carbocycles. The molecule has 6 nitrogen and oxygen atoms in total. The number of carbonyl (C=O) groups is 1. The zero-order valence-electron chi connectivity index (χ0n) is 14.9. The molecule has 2 aromatic rings. The number of aryl methyl sites for hydroxylation is 1. The van der Waals surface area contributed by atoms with Gasteiger partial charge in [-0.3, -0.25) is 9.69 Å². The van der Waals surface area contributed by atoms with Gasteiger partial charge in [0.15, 0.2) is 0 Å². The van der Waals surface area contributed by atoms with Gasteiger partial charge in [-0.15, -0.1) is 0 Å². The van der Waals surface area contributed by atoms with E-state index in [9.17, 15) is 4.79 Å². The van der Waals surface area contributed by atoms with E-state index >= 15 is 0 Å². The number of hydrogen-bond acceptors (Lipinski definition) is 5. The Morgan fingerprint density at radius 1 is 1.25 bits per heavy atom. The van der Waals surface area contributed by atoms with E-state index in [1.54, 1.807) is 0 Å². The molecule has 130 valence electrons. The summed E-state index contributed by atoms with van der Waals surface area (Å²) in [6.07, 6.45) is 1.00. The average molecular weight is 330 g/mol. The Morgan fingerprint density at radius 2 is 1.96 bits per heavy atom. The van der Waals surface area contributed by atoms with Crippen LogP contribution in [0, 0.1) is 0 Å². The Balaban J connectivity index is 1.99.